The van der Waals surface area contributed by atoms with E-state index in [0.717, 1.165) is 17.0 Å². The van der Waals surface area contributed by atoms with Gasteiger partial charge in [0, 0.05) is 30.9 Å². The van der Waals surface area contributed by atoms with Gasteiger partial charge in [-0.05, 0) is 18.2 Å². The molecule has 0 unspecified atom stereocenters. The Balaban J connectivity index is 1.94. The maximum atomic E-state index is 10.8. The lowest BCUT2D eigenvalue weighted by atomic mass is 10.2. The van der Waals surface area contributed by atoms with Crippen molar-refractivity contribution >= 4 is 33.1 Å². The molecular formula is C15H15N3O5S. The molecule has 9 heteroatoms. The summed E-state index contributed by atoms with van der Waals surface area (Å²) in [4.78, 5) is 17.1. The zero-order valence-electron chi connectivity index (χ0n) is 12.6. The first-order valence-electron chi connectivity index (χ1n) is 7.24. The van der Waals surface area contributed by atoms with Gasteiger partial charge in [0.05, 0.1) is 23.0 Å². The molecule has 0 radical (unpaired) electrons. The van der Waals surface area contributed by atoms with E-state index in [9.17, 15) is 10.1 Å². The lowest BCUT2D eigenvalue weighted by Gasteiger charge is -2.22. The average molecular weight is 349 g/mol. The van der Waals surface area contributed by atoms with Crippen molar-refractivity contribution in [1.29, 1.82) is 0 Å². The summed E-state index contributed by atoms with van der Waals surface area (Å²) >= 11 is 1.00. The van der Waals surface area contributed by atoms with Gasteiger partial charge in [0.1, 0.15) is 5.52 Å². The maximum absolute atomic E-state index is 10.8. The minimum atomic E-state index is -0.448. The van der Waals surface area contributed by atoms with Gasteiger partial charge in [-0.25, -0.2) is 4.98 Å². The fourth-order valence-corrected chi connectivity index (χ4v) is 3.11. The Kier molecular flexibility index (Phi) is 4.74. The van der Waals surface area contributed by atoms with E-state index in [2.05, 4.69) is 4.98 Å². The van der Waals surface area contributed by atoms with Crippen molar-refractivity contribution in [2.45, 2.75) is 0 Å². The van der Waals surface area contributed by atoms with Crippen LogP contribution in [0.25, 0.3) is 21.9 Å². The third-order valence-corrected chi connectivity index (χ3v) is 4.48. The summed E-state index contributed by atoms with van der Waals surface area (Å²) in [7, 11) is 0. The Morgan fingerprint density at radius 2 is 1.96 bits per heavy atom. The summed E-state index contributed by atoms with van der Waals surface area (Å²) in [5.74, 6) is 0.330. The van der Waals surface area contributed by atoms with Crippen molar-refractivity contribution in [2.75, 3.05) is 31.2 Å². The van der Waals surface area contributed by atoms with Crippen LogP contribution in [0.2, 0.25) is 0 Å². The number of oxazole rings is 1. The molecular weight excluding hydrogens is 334 g/mol. The van der Waals surface area contributed by atoms with E-state index in [1.165, 1.54) is 6.07 Å². The first-order valence-corrected chi connectivity index (χ1v) is 8.06. The van der Waals surface area contributed by atoms with Crippen LogP contribution in [0.15, 0.2) is 34.7 Å². The second kappa shape index (κ2) is 6.95. The van der Waals surface area contributed by atoms with Crippen molar-refractivity contribution < 1.29 is 19.6 Å². The van der Waals surface area contributed by atoms with Crippen LogP contribution in [0.3, 0.4) is 0 Å². The zero-order chi connectivity index (χ0) is 17.1. The van der Waals surface area contributed by atoms with E-state index in [1.807, 2.05) is 11.0 Å². The van der Waals surface area contributed by atoms with E-state index in [0.29, 0.717) is 35.0 Å². The first kappa shape index (κ1) is 16.4. The largest absolute Gasteiger partial charge is 0.435 e. The Morgan fingerprint density at radius 3 is 2.58 bits per heavy atom. The second-order valence-corrected chi connectivity index (χ2v) is 6.06. The maximum Gasteiger partial charge on any atom is 0.324 e. The van der Waals surface area contributed by atoms with Gasteiger partial charge in [-0.1, -0.05) is 11.3 Å². The molecule has 126 valence electrons. The molecule has 2 aromatic heterocycles. The van der Waals surface area contributed by atoms with Crippen LogP contribution in [0.1, 0.15) is 0 Å². The van der Waals surface area contributed by atoms with Crippen LogP contribution in [0, 0.1) is 10.1 Å². The van der Waals surface area contributed by atoms with E-state index >= 15 is 0 Å². The standard InChI is InChI=1S/C15H15N3O5S/c19-7-5-17(6-8-20)10-1-2-11-12(9-10)23-15(16-11)13-3-4-14(24-13)18(21)22/h1-4,9,19-20H,5-8H2. The molecule has 0 atom stereocenters. The van der Waals surface area contributed by atoms with Gasteiger partial charge in [-0.15, -0.1) is 0 Å². The summed E-state index contributed by atoms with van der Waals surface area (Å²) in [6, 6.07) is 8.42. The number of anilines is 1. The quantitative estimate of drug-likeness (QED) is 0.497. The molecule has 0 spiro atoms. The van der Waals surface area contributed by atoms with Crippen molar-refractivity contribution in [2.24, 2.45) is 0 Å². The summed E-state index contributed by atoms with van der Waals surface area (Å²) in [5, 5.41) is 29.1. The van der Waals surface area contributed by atoms with E-state index in [4.69, 9.17) is 14.6 Å². The molecule has 2 N–H and O–H groups in total. The van der Waals surface area contributed by atoms with Crippen LogP contribution in [-0.2, 0) is 0 Å². The van der Waals surface area contributed by atoms with Crippen LogP contribution in [0.4, 0.5) is 10.7 Å². The van der Waals surface area contributed by atoms with Gasteiger partial charge in [0.25, 0.3) is 0 Å². The molecule has 8 nitrogen and oxygen atoms in total. The highest BCUT2D eigenvalue weighted by Gasteiger charge is 2.16. The highest BCUT2D eigenvalue weighted by Crippen LogP contribution is 2.34. The van der Waals surface area contributed by atoms with E-state index < -0.39 is 4.92 Å². The Labute approximate surface area is 140 Å². The predicted molar refractivity (Wildman–Crippen MR) is 90.4 cm³/mol. The topological polar surface area (TPSA) is 113 Å². The zero-order valence-corrected chi connectivity index (χ0v) is 13.4. The monoisotopic (exact) mass is 349 g/mol. The van der Waals surface area contributed by atoms with Gasteiger partial charge < -0.3 is 19.5 Å². The third-order valence-electron chi connectivity index (χ3n) is 3.46. The number of hydrogen-bond acceptors (Lipinski definition) is 8. The molecule has 0 bridgehead atoms. The molecule has 3 aromatic rings. The van der Waals surface area contributed by atoms with E-state index in [1.54, 1.807) is 18.2 Å². The minimum Gasteiger partial charge on any atom is -0.435 e. The summed E-state index contributed by atoms with van der Waals surface area (Å²) < 4.78 is 5.72. The smallest absolute Gasteiger partial charge is 0.324 e. The fraction of sp³-hybridized carbons (Fsp3) is 0.267. The minimum absolute atomic E-state index is 0.0292. The lowest BCUT2D eigenvalue weighted by Crippen LogP contribution is -2.29. The number of nitro groups is 1. The Morgan fingerprint density at radius 1 is 1.21 bits per heavy atom. The molecule has 0 aliphatic carbocycles. The van der Waals surface area contributed by atoms with Gasteiger partial charge >= 0.3 is 5.00 Å². The Hall–Kier alpha value is -2.49. The van der Waals surface area contributed by atoms with Crippen molar-refractivity contribution in [1.82, 2.24) is 4.98 Å². The molecule has 0 aliphatic heterocycles. The number of fused-ring (bicyclic) bond motifs is 1. The van der Waals surface area contributed by atoms with Gasteiger partial charge in [0.15, 0.2) is 5.58 Å². The third kappa shape index (κ3) is 3.23. The first-order chi connectivity index (χ1) is 11.6. The molecule has 0 saturated carbocycles. The van der Waals surface area contributed by atoms with Crippen molar-refractivity contribution in [3.05, 3.63) is 40.4 Å². The highest BCUT2D eigenvalue weighted by molar-refractivity contribution is 7.18. The summed E-state index contributed by atoms with van der Waals surface area (Å²) in [5.41, 5.74) is 1.97. The molecule has 0 aliphatic rings. The summed E-state index contributed by atoms with van der Waals surface area (Å²) in [6.07, 6.45) is 0. The highest BCUT2D eigenvalue weighted by atomic mass is 32.1. The summed E-state index contributed by atoms with van der Waals surface area (Å²) in [6.45, 7) is 0.728. The van der Waals surface area contributed by atoms with Gasteiger partial charge in [-0.3, -0.25) is 10.1 Å². The predicted octanol–water partition coefficient (Wildman–Crippen LogP) is 2.26. The van der Waals surface area contributed by atoms with Crippen LogP contribution < -0.4 is 4.90 Å². The number of nitrogens with zero attached hydrogens (tertiary/aromatic N) is 3. The lowest BCUT2D eigenvalue weighted by molar-refractivity contribution is -0.380. The van der Waals surface area contributed by atoms with Crippen molar-refractivity contribution in [3.63, 3.8) is 0 Å². The van der Waals surface area contributed by atoms with Crippen LogP contribution in [0.5, 0.6) is 0 Å². The van der Waals surface area contributed by atoms with Crippen molar-refractivity contribution in [3.8, 4) is 10.8 Å². The normalized spacial score (nSPS) is 11.1. The van der Waals surface area contributed by atoms with Gasteiger partial charge in [0.2, 0.25) is 5.89 Å². The van der Waals surface area contributed by atoms with E-state index in [-0.39, 0.29) is 18.2 Å². The SMILES string of the molecule is O=[N+]([O-])c1ccc(-c2nc3ccc(N(CCO)CCO)cc3o2)s1. The second-order valence-electron chi connectivity index (χ2n) is 5.00. The molecule has 0 fully saturated rings. The average Bonchev–Trinajstić information content (AvgIpc) is 3.20. The Bertz CT molecular complexity index is 854. The number of hydrogen-bond donors (Lipinski definition) is 2. The molecule has 3 rings (SSSR count). The molecule has 0 saturated heterocycles. The number of aliphatic hydroxyl groups excluding tert-OH is 2. The molecule has 24 heavy (non-hydrogen) atoms. The number of rotatable bonds is 7. The number of aromatic nitrogens is 1. The number of thiophene rings is 1. The van der Waals surface area contributed by atoms with Gasteiger partial charge in [-0.2, -0.15) is 0 Å². The number of aliphatic hydroxyl groups is 2. The van der Waals surface area contributed by atoms with Crippen LogP contribution >= 0.6 is 11.3 Å². The molecule has 1 aromatic carbocycles. The fourth-order valence-electron chi connectivity index (χ4n) is 2.37. The number of benzene rings is 1. The molecule has 0 amide bonds. The molecule has 2 heterocycles. The van der Waals surface area contributed by atoms with Crippen LogP contribution in [-0.4, -0.2) is 46.4 Å².